The molecule has 0 saturated heterocycles. The zero-order valence-corrected chi connectivity index (χ0v) is 21.7. The van der Waals surface area contributed by atoms with Crippen LogP contribution in [-0.2, 0) is 15.1 Å². The first-order chi connectivity index (χ1) is 15.7. The minimum absolute atomic E-state index is 0.637. The van der Waals surface area contributed by atoms with Crippen LogP contribution in [0.1, 0.15) is 33.4 Å². The summed E-state index contributed by atoms with van der Waals surface area (Å²) in [6.07, 6.45) is 0.748. The Hall–Kier alpha value is -1.38. The molecule has 0 fully saturated rings. The third-order valence-electron chi connectivity index (χ3n) is 5.45. The Morgan fingerprint density at radius 3 is 0.909 bits per heavy atom. The Bertz CT molecular complexity index is 1110. The zero-order valence-electron chi connectivity index (χ0n) is 17.2. The second-order valence-corrected chi connectivity index (χ2v) is 11.3. The van der Waals surface area contributed by atoms with Crippen LogP contribution in [-0.4, -0.2) is 0 Å². The normalized spacial score (nSPS) is 12.1. The van der Waals surface area contributed by atoms with Gasteiger partial charge in [0, 0.05) is 10.0 Å². The molecule has 0 heterocycles. The average Bonchev–Trinajstić information content (AvgIpc) is 2.80. The summed E-state index contributed by atoms with van der Waals surface area (Å²) >= 11 is 38.6. The molecular weight excluding hydrogens is 537 g/mol. The molecule has 6 heteroatoms. The van der Waals surface area contributed by atoms with E-state index >= 15 is 0 Å². The van der Waals surface area contributed by atoms with Crippen LogP contribution in [0, 0.1) is 0 Å². The van der Waals surface area contributed by atoms with Gasteiger partial charge in [-0.1, -0.05) is 142 Å². The predicted octanol–water partition coefficient (Wildman–Crippen LogP) is 9.94. The molecular formula is C27H18Cl6. The molecule has 0 radical (unpaired) electrons. The molecule has 33 heavy (non-hydrogen) atoms. The topological polar surface area (TPSA) is 0 Å². The third kappa shape index (κ3) is 5.65. The Morgan fingerprint density at radius 1 is 0.394 bits per heavy atom. The maximum atomic E-state index is 6.66. The summed E-state index contributed by atoms with van der Waals surface area (Å²) in [7, 11) is 0. The highest BCUT2D eigenvalue weighted by Gasteiger charge is 2.30. The van der Waals surface area contributed by atoms with Crippen molar-refractivity contribution in [3.63, 3.8) is 0 Å². The van der Waals surface area contributed by atoms with Crippen LogP contribution in [0.3, 0.4) is 0 Å². The third-order valence-corrected chi connectivity index (χ3v) is 7.70. The lowest BCUT2D eigenvalue weighted by Crippen LogP contribution is -2.12. The fourth-order valence-electron chi connectivity index (χ4n) is 3.55. The van der Waals surface area contributed by atoms with Gasteiger partial charge in [-0.25, -0.2) is 0 Å². The first-order valence-electron chi connectivity index (χ1n) is 10.1. The standard InChI is InChI=1S/C27H18Cl6/c28-24-13-9-22(10-14-24)26(30,31)20-5-1-18(2-6-20)17-19-3-7-21(8-4-19)27(32,33)23-11-15-25(29)16-12-23/h1-16H,17H2. The molecule has 168 valence electrons. The highest BCUT2D eigenvalue weighted by atomic mass is 35.5. The summed E-state index contributed by atoms with van der Waals surface area (Å²) in [4.78, 5) is 0. The van der Waals surface area contributed by atoms with E-state index in [1.807, 2.05) is 72.8 Å². The van der Waals surface area contributed by atoms with E-state index in [-0.39, 0.29) is 0 Å². The van der Waals surface area contributed by atoms with Crippen molar-refractivity contribution >= 4 is 69.6 Å². The van der Waals surface area contributed by atoms with Crippen molar-refractivity contribution in [2.75, 3.05) is 0 Å². The number of benzene rings is 4. The summed E-state index contributed by atoms with van der Waals surface area (Å²) in [5, 5.41) is 1.27. The maximum absolute atomic E-state index is 6.66. The van der Waals surface area contributed by atoms with E-state index < -0.39 is 8.67 Å². The molecule has 0 nitrogen and oxygen atoms in total. The Labute approximate surface area is 224 Å². The fourth-order valence-corrected chi connectivity index (χ4v) is 4.81. The van der Waals surface area contributed by atoms with Gasteiger partial charge >= 0.3 is 0 Å². The quantitative estimate of drug-likeness (QED) is 0.208. The molecule has 0 unspecified atom stereocenters. The summed E-state index contributed by atoms with van der Waals surface area (Å²) in [5.41, 5.74) is 5.39. The minimum Gasteiger partial charge on any atom is -0.0909 e. The van der Waals surface area contributed by atoms with Gasteiger partial charge in [0.05, 0.1) is 0 Å². The maximum Gasteiger partial charge on any atom is 0.168 e. The SMILES string of the molecule is Clc1ccc(C(Cl)(Cl)c2ccc(Cc3ccc(C(Cl)(Cl)c4ccc(Cl)cc4)cc3)cc2)cc1. The molecule has 0 aromatic heterocycles. The first-order valence-corrected chi connectivity index (χ1v) is 12.4. The molecule has 0 aliphatic rings. The molecule has 0 bridgehead atoms. The Morgan fingerprint density at radius 2 is 0.636 bits per heavy atom. The lowest BCUT2D eigenvalue weighted by Gasteiger charge is -2.21. The number of alkyl halides is 4. The molecule has 0 amide bonds. The molecule has 0 spiro atoms. The molecule has 0 atom stereocenters. The summed E-state index contributed by atoms with van der Waals surface area (Å²) in [6, 6.07) is 30.3. The number of hydrogen-bond donors (Lipinski definition) is 0. The van der Waals surface area contributed by atoms with E-state index in [2.05, 4.69) is 0 Å². The smallest absolute Gasteiger partial charge is 0.0909 e. The molecule has 4 rings (SSSR count). The molecule has 4 aromatic rings. The molecule has 0 saturated carbocycles. The van der Waals surface area contributed by atoms with Crippen molar-refractivity contribution in [3.8, 4) is 0 Å². The van der Waals surface area contributed by atoms with Gasteiger partial charge in [-0.2, -0.15) is 0 Å². The molecule has 0 aliphatic carbocycles. The van der Waals surface area contributed by atoms with Crippen molar-refractivity contribution in [2.24, 2.45) is 0 Å². The van der Waals surface area contributed by atoms with Gasteiger partial charge in [0.15, 0.2) is 8.67 Å². The van der Waals surface area contributed by atoms with Gasteiger partial charge in [0.25, 0.3) is 0 Å². The lowest BCUT2D eigenvalue weighted by atomic mass is 9.98. The van der Waals surface area contributed by atoms with Crippen molar-refractivity contribution < 1.29 is 0 Å². The van der Waals surface area contributed by atoms with Crippen LogP contribution >= 0.6 is 69.6 Å². The highest BCUT2D eigenvalue weighted by molar-refractivity contribution is 6.50. The number of rotatable bonds is 6. The second-order valence-electron chi connectivity index (χ2n) is 7.73. The van der Waals surface area contributed by atoms with E-state index in [0.29, 0.717) is 10.0 Å². The van der Waals surface area contributed by atoms with Crippen LogP contribution in [0.5, 0.6) is 0 Å². The van der Waals surface area contributed by atoms with E-state index in [4.69, 9.17) is 69.6 Å². The van der Waals surface area contributed by atoms with Crippen LogP contribution in [0.4, 0.5) is 0 Å². The van der Waals surface area contributed by atoms with Crippen LogP contribution in [0.15, 0.2) is 97.1 Å². The van der Waals surface area contributed by atoms with Gasteiger partial charge < -0.3 is 0 Å². The van der Waals surface area contributed by atoms with Crippen molar-refractivity contribution in [1.82, 2.24) is 0 Å². The average molecular weight is 555 g/mol. The van der Waals surface area contributed by atoms with Gasteiger partial charge in [0.1, 0.15) is 0 Å². The van der Waals surface area contributed by atoms with E-state index in [1.54, 1.807) is 24.3 Å². The monoisotopic (exact) mass is 552 g/mol. The van der Waals surface area contributed by atoms with Crippen molar-refractivity contribution in [3.05, 3.63) is 140 Å². The molecule has 0 N–H and O–H groups in total. The second kappa shape index (κ2) is 10.1. The summed E-state index contributed by atoms with van der Waals surface area (Å²) < 4.78 is -2.31. The molecule has 4 aromatic carbocycles. The molecule has 0 aliphatic heterocycles. The van der Waals surface area contributed by atoms with Crippen LogP contribution in [0.25, 0.3) is 0 Å². The van der Waals surface area contributed by atoms with E-state index in [1.165, 1.54) is 0 Å². The highest BCUT2D eigenvalue weighted by Crippen LogP contribution is 2.42. The zero-order chi connectivity index (χ0) is 23.6. The Kier molecular flexibility index (Phi) is 7.56. The van der Waals surface area contributed by atoms with Crippen molar-refractivity contribution in [1.29, 1.82) is 0 Å². The summed E-state index contributed by atoms with van der Waals surface area (Å²) in [6.45, 7) is 0. The first kappa shape index (κ1) is 24.7. The lowest BCUT2D eigenvalue weighted by molar-refractivity contribution is 1.03. The van der Waals surface area contributed by atoms with Gasteiger partial charge in [-0.15, -0.1) is 0 Å². The minimum atomic E-state index is -1.16. The Balaban J connectivity index is 1.48. The van der Waals surface area contributed by atoms with Gasteiger partial charge in [-0.05, 0) is 64.1 Å². The van der Waals surface area contributed by atoms with Crippen LogP contribution in [0.2, 0.25) is 10.0 Å². The van der Waals surface area contributed by atoms with Gasteiger partial charge in [0.2, 0.25) is 0 Å². The van der Waals surface area contributed by atoms with Crippen LogP contribution < -0.4 is 0 Å². The summed E-state index contributed by atoms with van der Waals surface area (Å²) in [5.74, 6) is 0. The number of hydrogen-bond acceptors (Lipinski definition) is 0. The number of halogens is 6. The van der Waals surface area contributed by atoms with Gasteiger partial charge in [-0.3, -0.25) is 0 Å². The van der Waals surface area contributed by atoms with E-state index in [9.17, 15) is 0 Å². The fraction of sp³-hybridized carbons (Fsp3) is 0.111. The van der Waals surface area contributed by atoms with E-state index in [0.717, 1.165) is 39.8 Å². The predicted molar refractivity (Wildman–Crippen MR) is 144 cm³/mol. The largest absolute Gasteiger partial charge is 0.168 e. The van der Waals surface area contributed by atoms with Crippen molar-refractivity contribution in [2.45, 2.75) is 15.1 Å².